The molecule has 1 atom stereocenters. The third-order valence-corrected chi connectivity index (χ3v) is 8.52. The lowest BCUT2D eigenvalue weighted by molar-refractivity contribution is -0.186. The molecule has 154 valence electrons. The molecule has 0 N–H and O–H groups in total. The zero-order valence-electron chi connectivity index (χ0n) is 15.6. The molecule has 2 fully saturated rings. The highest BCUT2D eigenvalue weighted by Crippen LogP contribution is 2.51. The maximum absolute atomic E-state index is 13.4. The van der Waals surface area contributed by atoms with E-state index in [0.29, 0.717) is 22.6 Å². The molecule has 9 heteroatoms. The minimum atomic E-state index is -4.97. The average Bonchev–Trinajstić information content (AvgIpc) is 2.98. The second-order valence-corrected chi connectivity index (χ2v) is 10.2. The Bertz CT molecular complexity index is 909. The number of hydrogen-bond donors (Lipinski definition) is 0. The Labute approximate surface area is 162 Å². The molecule has 28 heavy (non-hydrogen) atoms. The number of amides is 1. The van der Waals surface area contributed by atoms with Crippen molar-refractivity contribution in [1.82, 2.24) is 9.21 Å². The Kier molecular flexibility index (Phi) is 4.54. The van der Waals surface area contributed by atoms with Crippen LogP contribution < -0.4 is 0 Å². The molecule has 2 heterocycles. The standard InChI is InChI=1S/C19H23F3N2O3S/c1-13-10-18(7-3-8-18)12-24(13)28(26,27)16-5-2-4-14-6-9-23(11-15(14)16)17(25)19(20,21)22/h2,4-5,13H,3,6-12H2,1H3. The van der Waals surface area contributed by atoms with Crippen LogP contribution in [0, 0.1) is 5.41 Å². The van der Waals surface area contributed by atoms with E-state index in [2.05, 4.69) is 0 Å². The molecule has 0 bridgehead atoms. The van der Waals surface area contributed by atoms with Gasteiger partial charge in [0, 0.05) is 25.7 Å². The van der Waals surface area contributed by atoms with Crippen LogP contribution in [0.15, 0.2) is 23.1 Å². The predicted molar refractivity (Wildman–Crippen MR) is 95.9 cm³/mol. The molecule has 0 radical (unpaired) electrons. The normalized spacial score (nSPS) is 24.9. The SMILES string of the molecule is CC1CC2(CCC2)CN1S(=O)(=O)c1cccc2c1CN(C(=O)C(F)(F)F)CC2. The van der Waals surface area contributed by atoms with E-state index >= 15 is 0 Å². The van der Waals surface area contributed by atoms with Crippen molar-refractivity contribution in [3.05, 3.63) is 29.3 Å². The maximum Gasteiger partial charge on any atom is 0.471 e. The number of benzene rings is 1. The van der Waals surface area contributed by atoms with E-state index in [1.165, 1.54) is 10.4 Å². The van der Waals surface area contributed by atoms with Gasteiger partial charge in [-0.1, -0.05) is 18.6 Å². The van der Waals surface area contributed by atoms with E-state index in [0.717, 1.165) is 25.7 Å². The molecule has 1 aliphatic carbocycles. The highest BCUT2D eigenvalue weighted by Gasteiger charge is 2.50. The zero-order valence-corrected chi connectivity index (χ0v) is 16.4. The van der Waals surface area contributed by atoms with Gasteiger partial charge in [-0.3, -0.25) is 4.79 Å². The van der Waals surface area contributed by atoms with Crippen molar-refractivity contribution in [2.75, 3.05) is 13.1 Å². The van der Waals surface area contributed by atoms with Gasteiger partial charge in [-0.2, -0.15) is 17.5 Å². The Morgan fingerprint density at radius 2 is 1.96 bits per heavy atom. The van der Waals surface area contributed by atoms with Gasteiger partial charge in [0.1, 0.15) is 0 Å². The zero-order chi connectivity index (χ0) is 20.3. The van der Waals surface area contributed by atoms with Crippen LogP contribution in [0.3, 0.4) is 0 Å². The Hall–Kier alpha value is -1.61. The molecule has 3 aliphatic rings. The molecular weight excluding hydrogens is 393 g/mol. The summed E-state index contributed by atoms with van der Waals surface area (Å²) in [5.41, 5.74) is 1.06. The van der Waals surface area contributed by atoms with Gasteiger partial charge < -0.3 is 4.90 Å². The van der Waals surface area contributed by atoms with E-state index in [-0.39, 0.29) is 35.9 Å². The number of halogens is 3. The summed E-state index contributed by atoms with van der Waals surface area (Å²) in [5, 5.41) is 0. The number of sulfonamides is 1. The summed E-state index contributed by atoms with van der Waals surface area (Å²) in [5.74, 6) is -1.92. The van der Waals surface area contributed by atoms with Gasteiger partial charge in [0.05, 0.1) is 4.90 Å². The van der Waals surface area contributed by atoms with E-state index < -0.39 is 22.1 Å². The molecule has 1 saturated heterocycles. The number of carbonyl (C=O) groups excluding carboxylic acids is 1. The van der Waals surface area contributed by atoms with Gasteiger partial charge >= 0.3 is 12.1 Å². The third kappa shape index (κ3) is 3.12. The average molecular weight is 416 g/mol. The first kappa shape index (κ1) is 19.7. The van der Waals surface area contributed by atoms with E-state index in [9.17, 15) is 26.4 Å². The van der Waals surface area contributed by atoms with E-state index in [1.54, 1.807) is 12.1 Å². The molecule has 2 aliphatic heterocycles. The lowest BCUT2D eigenvalue weighted by Crippen LogP contribution is -2.44. The van der Waals surface area contributed by atoms with Crippen LogP contribution in [0.1, 0.15) is 43.7 Å². The molecule has 1 unspecified atom stereocenters. The quantitative estimate of drug-likeness (QED) is 0.745. The second-order valence-electron chi connectivity index (χ2n) is 8.33. The summed E-state index contributed by atoms with van der Waals surface area (Å²) < 4.78 is 66.9. The lowest BCUT2D eigenvalue weighted by Gasteiger charge is -2.38. The summed E-state index contributed by atoms with van der Waals surface area (Å²) in [6.45, 7) is 1.94. The minimum absolute atomic E-state index is 0.0351. The fourth-order valence-electron chi connectivity index (χ4n) is 4.91. The first-order chi connectivity index (χ1) is 13.0. The van der Waals surface area contributed by atoms with Gasteiger partial charge in [0.25, 0.3) is 0 Å². The summed E-state index contributed by atoms with van der Waals surface area (Å²) in [4.78, 5) is 12.4. The molecule has 1 saturated carbocycles. The topological polar surface area (TPSA) is 57.7 Å². The van der Waals surface area contributed by atoms with Gasteiger partial charge in [-0.25, -0.2) is 8.42 Å². The van der Waals surface area contributed by atoms with E-state index in [4.69, 9.17) is 0 Å². The number of carbonyl (C=O) groups is 1. The van der Waals surface area contributed by atoms with Crippen LogP contribution in [0.4, 0.5) is 13.2 Å². The summed E-state index contributed by atoms with van der Waals surface area (Å²) >= 11 is 0. The number of alkyl halides is 3. The van der Waals surface area contributed by atoms with Gasteiger partial charge in [-0.05, 0) is 55.2 Å². The number of nitrogens with zero attached hydrogens (tertiary/aromatic N) is 2. The van der Waals surface area contributed by atoms with E-state index in [1.807, 2.05) is 6.92 Å². The minimum Gasteiger partial charge on any atom is -0.330 e. The van der Waals surface area contributed by atoms with Crippen LogP contribution in [0.2, 0.25) is 0 Å². The van der Waals surface area contributed by atoms with Crippen LogP contribution in [-0.2, 0) is 27.8 Å². The number of rotatable bonds is 2. The van der Waals surface area contributed by atoms with Gasteiger partial charge in [0.2, 0.25) is 10.0 Å². The van der Waals surface area contributed by atoms with Crippen molar-refractivity contribution >= 4 is 15.9 Å². The number of hydrogen-bond acceptors (Lipinski definition) is 3. The smallest absolute Gasteiger partial charge is 0.330 e. The van der Waals surface area contributed by atoms with Crippen molar-refractivity contribution in [2.45, 2.75) is 62.7 Å². The molecule has 1 aromatic rings. The van der Waals surface area contributed by atoms with Crippen molar-refractivity contribution in [2.24, 2.45) is 5.41 Å². The highest BCUT2D eigenvalue weighted by molar-refractivity contribution is 7.89. The van der Waals surface area contributed by atoms with Crippen LogP contribution in [0.5, 0.6) is 0 Å². The van der Waals surface area contributed by atoms with Crippen LogP contribution in [-0.4, -0.2) is 48.8 Å². The van der Waals surface area contributed by atoms with Gasteiger partial charge in [0.15, 0.2) is 0 Å². The lowest BCUT2D eigenvalue weighted by atomic mass is 9.68. The molecule has 4 rings (SSSR count). The first-order valence-electron chi connectivity index (χ1n) is 9.52. The van der Waals surface area contributed by atoms with Crippen molar-refractivity contribution < 1.29 is 26.4 Å². The highest BCUT2D eigenvalue weighted by atomic mass is 32.2. The fourth-order valence-corrected chi connectivity index (χ4v) is 6.91. The third-order valence-electron chi connectivity index (χ3n) is 6.47. The monoisotopic (exact) mass is 416 g/mol. The molecule has 0 aromatic heterocycles. The van der Waals surface area contributed by atoms with Crippen molar-refractivity contribution in [3.63, 3.8) is 0 Å². The van der Waals surface area contributed by atoms with Crippen LogP contribution >= 0.6 is 0 Å². The Morgan fingerprint density at radius 1 is 1.25 bits per heavy atom. The molecular formula is C19H23F3N2O3S. The summed E-state index contributed by atoms with van der Waals surface area (Å²) in [6, 6.07) is 4.67. The predicted octanol–water partition coefficient (Wildman–Crippen LogP) is 3.09. The molecule has 1 amide bonds. The van der Waals surface area contributed by atoms with Gasteiger partial charge in [-0.15, -0.1) is 0 Å². The molecule has 1 spiro atoms. The largest absolute Gasteiger partial charge is 0.471 e. The number of fused-ring (bicyclic) bond motifs is 1. The molecule has 1 aromatic carbocycles. The molecule has 5 nitrogen and oxygen atoms in total. The Morgan fingerprint density at radius 3 is 2.54 bits per heavy atom. The second kappa shape index (κ2) is 6.45. The first-order valence-corrected chi connectivity index (χ1v) is 11.0. The van der Waals surface area contributed by atoms with Crippen molar-refractivity contribution in [3.8, 4) is 0 Å². The Balaban J connectivity index is 1.67. The summed E-state index contributed by atoms with van der Waals surface area (Å²) in [6.07, 6.45) is -0.796. The van der Waals surface area contributed by atoms with Crippen molar-refractivity contribution in [1.29, 1.82) is 0 Å². The fraction of sp³-hybridized carbons (Fsp3) is 0.632. The summed E-state index contributed by atoms with van der Waals surface area (Å²) in [7, 11) is -3.85. The maximum atomic E-state index is 13.4. The van der Waals surface area contributed by atoms with Crippen LogP contribution in [0.25, 0.3) is 0 Å².